The molecule has 2 rings (SSSR count). The van der Waals surface area contributed by atoms with E-state index in [2.05, 4.69) is 5.32 Å². The van der Waals surface area contributed by atoms with Crippen molar-refractivity contribution in [3.8, 4) is 0 Å². The zero-order valence-corrected chi connectivity index (χ0v) is 12.7. The molecule has 21 heavy (non-hydrogen) atoms. The van der Waals surface area contributed by atoms with Gasteiger partial charge in [-0.25, -0.2) is 8.42 Å². The van der Waals surface area contributed by atoms with Crippen LogP contribution in [-0.4, -0.2) is 38.9 Å². The standard InChI is InChI=1S/C12H14ClF3N2O2S/c1-18(9-4-5-17-7-9)21(19,20)11-3-2-8(13)6-10(11)12(14,15)16/h2-3,6,9,17H,4-5,7H2,1H3/t9-/m0/s1. The highest BCUT2D eigenvalue weighted by Gasteiger charge is 2.40. The fourth-order valence-corrected chi connectivity index (χ4v) is 4.00. The molecule has 0 saturated carbocycles. The van der Waals surface area contributed by atoms with E-state index in [4.69, 9.17) is 11.6 Å². The summed E-state index contributed by atoms with van der Waals surface area (Å²) in [6.45, 7) is 1.06. The molecule has 0 aromatic heterocycles. The van der Waals surface area contributed by atoms with Gasteiger partial charge < -0.3 is 5.32 Å². The van der Waals surface area contributed by atoms with Gasteiger partial charge >= 0.3 is 6.18 Å². The molecule has 1 aliphatic rings. The van der Waals surface area contributed by atoms with Crippen molar-refractivity contribution >= 4 is 21.6 Å². The Morgan fingerprint density at radius 2 is 2.05 bits per heavy atom. The molecule has 4 nitrogen and oxygen atoms in total. The lowest BCUT2D eigenvalue weighted by Gasteiger charge is -2.25. The summed E-state index contributed by atoms with van der Waals surface area (Å²) in [5, 5.41) is 2.82. The number of benzene rings is 1. The van der Waals surface area contributed by atoms with E-state index >= 15 is 0 Å². The molecule has 0 unspecified atom stereocenters. The van der Waals surface area contributed by atoms with Gasteiger partial charge in [-0.05, 0) is 31.2 Å². The van der Waals surface area contributed by atoms with Crippen molar-refractivity contribution in [1.29, 1.82) is 0 Å². The van der Waals surface area contributed by atoms with Crippen LogP contribution in [-0.2, 0) is 16.2 Å². The number of rotatable bonds is 3. The van der Waals surface area contributed by atoms with Crippen LogP contribution in [0, 0.1) is 0 Å². The lowest BCUT2D eigenvalue weighted by molar-refractivity contribution is -0.139. The normalized spacial score (nSPS) is 20.2. The molecule has 0 aliphatic carbocycles. The van der Waals surface area contributed by atoms with Crippen molar-refractivity contribution < 1.29 is 21.6 Å². The number of likely N-dealkylation sites (N-methyl/N-ethyl adjacent to an activating group) is 1. The minimum Gasteiger partial charge on any atom is -0.315 e. The van der Waals surface area contributed by atoms with Crippen molar-refractivity contribution in [2.24, 2.45) is 0 Å². The Balaban J connectivity index is 2.49. The largest absolute Gasteiger partial charge is 0.417 e. The third-order valence-corrected chi connectivity index (χ3v) is 5.66. The summed E-state index contributed by atoms with van der Waals surface area (Å²) in [5.41, 5.74) is -1.24. The molecule has 1 saturated heterocycles. The summed E-state index contributed by atoms with van der Waals surface area (Å²) in [5.74, 6) is 0. The number of sulfonamides is 1. The van der Waals surface area contributed by atoms with E-state index in [1.807, 2.05) is 0 Å². The Labute approximate surface area is 125 Å². The summed E-state index contributed by atoms with van der Waals surface area (Å²) in [6.07, 6.45) is -4.23. The van der Waals surface area contributed by atoms with Crippen LogP contribution in [0.25, 0.3) is 0 Å². The molecule has 0 spiro atoms. The number of hydrogen-bond acceptors (Lipinski definition) is 3. The third kappa shape index (κ3) is 3.33. The SMILES string of the molecule is CN([C@H]1CCNC1)S(=O)(=O)c1ccc(Cl)cc1C(F)(F)F. The zero-order chi connectivity index (χ0) is 15.8. The van der Waals surface area contributed by atoms with Crippen LogP contribution in [0.2, 0.25) is 5.02 Å². The van der Waals surface area contributed by atoms with E-state index in [1.165, 1.54) is 7.05 Å². The van der Waals surface area contributed by atoms with Crippen LogP contribution in [0.5, 0.6) is 0 Å². The summed E-state index contributed by atoms with van der Waals surface area (Å²) in [6, 6.07) is 2.32. The van der Waals surface area contributed by atoms with Crippen LogP contribution in [0.15, 0.2) is 23.1 Å². The lowest BCUT2D eigenvalue weighted by Crippen LogP contribution is -2.39. The van der Waals surface area contributed by atoms with E-state index < -0.39 is 26.7 Å². The predicted octanol–water partition coefficient (Wildman–Crippen LogP) is 2.34. The van der Waals surface area contributed by atoms with Gasteiger partial charge in [0.1, 0.15) is 0 Å². The van der Waals surface area contributed by atoms with E-state index in [-0.39, 0.29) is 11.1 Å². The summed E-state index contributed by atoms with van der Waals surface area (Å²) >= 11 is 5.56. The van der Waals surface area contributed by atoms with Crippen molar-refractivity contribution in [3.63, 3.8) is 0 Å². The molecule has 0 radical (unpaired) electrons. The molecule has 0 amide bonds. The predicted molar refractivity (Wildman–Crippen MR) is 72.7 cm³/mol. The van der Waals surface area contributed by atoms with Crippen molar-refractivity contribution in [2.75, 3.05) is 20.1 Å². The van der Waals surface area contributed by atoms with Crippen LogP contribution in [0.1, 0.15) is 12.0 Å². The molecule has 9 heteroatoms. The highest BCUT2D eigenvalue weighted by Crippen LogP contribution is 2.37. The first-order chi connectivity index (χ1) is 9.64. The van der Waals surface area contributed by atoms with Gasteiger partial charge in [-0.15, -0.1) is 0 Å². The van der Waals surface area contributed by atoms with E-state index in [1.54, 1.807) is 0 Å². The minimum atomic E-state index is -4.79. The van der Waals surface area contributed by atoms with E-state index in [0.29, 0.717) is 25.6 Å². The Kier molecular flexibility index (Phi) is 4.53. The Morgan fingerprint density at radius 1 is 1.38 bits per heavy atom. The maximum Gasteiger partial charge on any atom is 0.417 e. The second-order valence-corrected chi connectivity index (χ2v) is 7.21. The van der Waals surface area contributed by atoms with Gasteiger partial charge in [-0.2, -0.15) is 17.5 Å². The van der Waals surface area contributed by atoms with Gasteiger partial charge in [0.2, 0.25) is 10.0 Å². The molecule has 1 fully saturated rings. The zero-order valence-electron chi connectivity index (χ0n) is 11.1. The van der Waals surface area contributed by atoms with Gasteiger partial charge in [-0.1, -0.05) is 11.6 Å². The van der Waals surface area contributed by atoms with Gasteiger partial charge in [0.25, 0.3) is 0 Å². The molecule has 1 aliphatic heterocycles. The fraction of sp³-hybridized carbons (Fsp3) is 0.500. The molecule has 0 bridgehead atoms. The minimum absolute atomic E-state index is 0.161. The lowest BCUT2D eigenvalue weighted by atomic mass is 10.2. The first-order valence-electron chi connectivity index (χ1n) is 6.19. The van der Waals surface area contributed by atoms with Gasteiger partial charge in [0, 0.05) is 24.7 Å². The number of nitrogens with one attached hydrogen (secondary N) is 1. The van der Waals surface area contributed by atoms with Crippen molar-refractivity contribution in [2.45, 2.75) is 23.5 Å². The molecule has 1 heterocycles. The summed E-state index contributed by atoms with van der Waals surface area (Å²) in [4.78, 5) is -0.770. The monoisotopic (exact) mass is 342 g/mol. The van der Waals surface area contributed by atoms with Gasteiger partial charge in [0.15, 0.2) is 0 Å². The highest BCUT2D eigenvalue weighted by molar-refractivity contribution is 7.89. The smallest absolute Gasteiger partial charge is 0.315 e. The second-order valence-electron chi connectivity index (χ2n) is 4.81. The number of hydrogen-bond donors (Lipinski definition) is 1. The maximum absolute atomic E-state index is 13.0. The Morgan fingerprint density at radius 3 is 2.57 bits per heavy atom. The van der Waals surface area contributed by atoms with Gasteiger partial charge in [-0.3, -0.25) is 0 Å². The van der Waals surface area contributed by atoms with E-state index in [0.717, 1.165) is 16.4 Å². The topological polar surface area (TPSA) is 49.4 Å². The molecule has 1 N–H and O–H groups in total. The highest BCUT2D eigenvalue weighted by atomic mass is 35.5. The molecule has 118 valence electrons. The summed E-state index contributed by atoms with van der Waals surface area (Å²) < 4.78 is 65.0. The van der Waals surface area contributed by atoms with Crippen molar-refractivity contribution in [1.82, 2.24) is 9.62 Å². The number of alkyl halides is 3. The molecule has 1 aromatic carbocycles. The number of halogens is 4. The Bertz CT molecular complexity index is 628. The first kappa shape index (κ1) is 16.5. The molecule has 1 aromatic rings. The second kappa shape index (κ2) is 5.75. The Hall–Kier alpha value is -0.830. The van der Waals surface area contributed by atoms with Crippen LogP contribution in [0.3, 0.4) is 0 Å². The number of nitrogens with zero attached hydrogens (tertiary/aromatic N) is 1. The molecule has 1 atom stereocenters. The summed E-state index contributed by atoms with van der Waals surface area (Å²) in [7, 11) is -2.94. The molecular weight excluding hydrogens is 329 g/mol. The quantitative estimate of drug-likeness (QED) is 0.917. The first-order valence-corrected chi connectivity index (χ1v) is 8.01. The van der Waals surface area contributed by atoms with Gasteiger partial charge in [0.05, 0.1) is 10.5 Å². The van der Waals surface area contributed by atoms with Crippen LogP contribution in [0.4, 0.5) is 13.2 Å². The van der Waals surface area contributed by atoms with Crippen LogP contribution < -0.4 is 5.32 Å². The van der Waals surface area contributed by atoms with Crippen molar-refractivity contribution in [3.05, 3.63) is 28.8 Å². The third-order valence-electron chi connectivity index (χ3n) is 3.45. The average molecular weight is 343 g/mol. The average Bonchev–Trinajstić information content (AvgIpc) is 2.90. The molecular formula is C12H14ClF3N2O2S. The van der Waals surface area contributed by atoms with Crippen LogP contribution >= 0.6 is 11.6 Å². The fourth-order valence-electron chi connectivity index (χ4n) is 2.25. The maximum atomic E-state index is 13.0. The van der Waals surface area contributed by atoms with E-state index in [9.17, 15) is 21.6 Å².